The van der Waals surface area contributed by atoms with Crippen LogP contribution in [-0.2, 0) is 4.79 Å². The summed E-state index contributed by atoms with van der Waals surface area (Å²) >= 11 is 0. The molecule has 1 amide bonds. The second-order valence-electron chi connectivity index (χ2n) is 6.72. The highest BCUT2D eigenvalue weighted by molar-refractivity contribution is 8.76. The summed E-state index contributed by atoms with van der Waals surface area (Å²) in [4.78, 5) is 11.7. The van der Waals surface area contributed by atoms with Gasteiger partial charge >= 0.3 is 0 Å². The van der Waals surface area contributed by atoms with Crippen LogP contribution in [0, 0.1) is 0 Å². The zero-order valence-corrected chi connectivity index (χ0v) is 21.1. The highest BCUT2D eigenvalue weighted by atomic mass is 33.1. The number of carbonyl (C=O) groups is 1. The lowest BCUT2D eigenvalue weighted by Gasteiger charge is -2.03. The fourth-order valence-electron chi connectivity index (χ4n) is 2.28. The molecule has 5 heteroatoms. The molecule has 0 heterocycles. The Labute approximate surface area is 199 Å². The highest BCUT2D eigenvalue weighted by Crippen LogP contribution is 2.19. The molecular formula is C26H42N2OS2. The molecule has 0 atom stereocenters. The summed E-state index contributed by atoms with van der Waals surface area (Å²) in [6.45, 7) is 3.91. The van der Waals surface area contributed by atoms with Crippen molar-refractivity contribution in [1.29, 1.82) is 0 Å². The average molecular weight is 463 g/mol. The Balaban J connectivity index is 3.54. The summed E-state index contributed by atoms with van der Waals surface area (Å²) in [6, 6.07) is 0. The number of rotatable bonds is 20. The minimum atomic E-state index is 0.0980. The predicted octanol–water partition coefficient (Wildman–Crippen LogP) is 6.79. The van der Waals surface area contributed by atoms with Gasteiger partial charge in [0.25, 0.3) is 0 Å². The quantitative estimate of drug-likeness (QED) is 0.119. The number of carbonyl (C=O) groups excluding carboxylic acids is 1. The van der Waals surface area contributed by atoms with Crippen LogP contribution in [0.2, 0.25) is 0 Å². The summed E-state index contributed by atoms with van der Waals surface area (Å²) in [6.07, 6.45) is 32.4. The Morgan fingerprint density at radius 2 is 1.06 bits per heavy atom. The fourth-order valence-corrected chi connectivity index (χ4v) is 4.19. The van der Waals surface area contributed by atoms with Crippen molar-refractivity contribution in [2.45, 2.75) is 51.9 Å². The molecule has 0 aliphatic rings. The Morgan fingerprint density at radius 3 is 1.52 bits per heavy atom. The Bertz CT molecular complexity index is 578. The maximum Gasteiger partial charge on any atom is 0.223 e. The van der Waals surface area contributed by atoms with E-state index in [1.165, 1.54) is 0 Å². The number of allylic oxidation sites excluding steroid dienone is 11. The Morgan fingerprint density at radius 1 is 0.645 bits per heavy atom. The Kier molecular flexibility index (Phi) is 25.4. The minimum absolute atomic E-state index is 0.0980. The van der Waals surface area contributed by atoms with Crippen molar-refractivity contribution in [2.75, 3.05) is 31.6 Å². The van der Waals surface area contributed by atoms with Gasteiger partial charge in [-0.15, -0.1) is 0 Å². The van der Waals surface area contributed by atoms with E-state index in [4.69, 9.17) is 0 Å². The van der Waals surface area contributed by atoms with Crippen LogP contribution in [0.4, 0.5) is 0 Å². The van der Waals surface area contributed by atoms with E-state index >= 15 is 0 Å². The van der Waals surface area contributed by atoms with Crippen LogP contribution in [0.25, 0.3) is 0 Å². The number of hydrogen-bond acceptors (Lipinski definition) is 4. The van der Waals surface area contributed by atoms with E-state index in [0.717, 1.165) is 63.1 Å². The van der Waals surface area contributed by atoms with E-state index in [9.17, 15) is 4.79 Å². The largest absolute Gasteiger partial charge is 0.355 e. The summed E-state index contributed by atoms with van der Waals surface area (Å²) in [5, 5.41) is 6.07. The second kappa shape index (κ2) is 26.6. The SMILES string of the molecule is CC/C=C\C/C=C\C/C=C\C/C=C\C/C=C\C/C=C\CC(=O)NCCSSCCNC. The third kappa shape index (κ3) is 26.5. The lowest BCUT2D eigenvalue weighted by molar-refractivity contribution is -0.120. The van der Waals surface area contributed by atoms with Crippen molar-refractivity contribution >= 4 is 27.5 Å². The van der Waals surface area contributed by atoms with Gasteiger partial charge in [-0.2, -0.15) is 0 Å². The Hall–Kier alpha value is -1.43. The molecule has 0 saturated carbocycles. The van der Waals surface area contributed by atoms with Gasteiger partial charge in [0.1, 0.15) is 0 Å². The minimum Gasteiger partial charge on any atom is -0.355 e. The zero-order valence-electron chi connectivity index (χ0n) is 19.4. The molecule has 0 fully saturated rings. The van der Waals surface area contributed by atoms with E-state index in [0.29, 0.717) is 6.42 Å². The zero-order chi connectivity index (χ0) is 22.7. The number of hydrogen-bond donors (Lipinski definition) is 2. The maximum atomic E-state index is 11.7. The normalized spacial score (nSPS) is 12.7. The lowest BCUT2D eigenvalue weighted by atomic mass is 10.2. The van der Waals surface area contributed by atoms with Gasteiger partial charge in [0, 0.05) is 31.0 Å². The van der Waals surface area contributed by atoms with E-state index in [2.05, 4.69) is 84.4 Å². The van der Waals surface area contributed by atoms with Crippen molar-refractivity contribution in [1.82, 2.24) is 10.6 Å². The van der Waals surface area contributed by atoms with Crippen molar-refractivity contribution in [3.63, 3.8) is 0 Å². The maximum absolute atomic E-state index is 11.7. The van der Waals surface area contributed by atoms with Gasteiger partial charge in [0.15, 0.2) is 0 Å². The van der Waals surface area contributed by atoms with Crippen molar-refractivity contribution in [2.24, 2.45) is 0 Å². The molecule has 0 aliphatic carbocycles. The smallest absolute Gasteiger partial charge is 0.223 e. The first-order chi connectivity index (χ1) is 15.3. The summed E-state index contributed by atoms with van der Waals surface area (Å²) in [5.41, 5.74) is 0. The van der Waals surface area contributed by atoms with Gasteiger partial charge < -0.3 is 10.6 Å². The van der Waals surface area contributed by atoms with Gasteiger partial charge in [0.05, 0.1) is 0 Å². The molecule has 0 radical (unpaired) electrons. The average Bonchev–Trinajstić information content (AvgIpc) is 2.77. The standard InChI is InChI=1S/C26H42N2OS2/c1-3-4-5-6-7-8-9-10-11-12-13-14-15-16-17-18-19-20-21-26(29)28-23-25-31-30-24-22-27-2/h4-5,7-8,10-11,13-14,16-17,19-20,27H,3,6,9,12,15,18,21-25H2,1-2H3,(H,28,29)/b5-4-,8-7-,11-10-,14-13-,17-16-,20-19-. The van der Waals surface area contributed by atoms with Gasteiger partial charge in [-0.1, -0.05) is 101 Å². The van der Waals surface area contributed by atoms with Crippen molar-refractivity contribution in [3.05, 3.63) is 72.9 Å². The molecule has 3 nitrogen and oxygen atoms in total. The molecule has 0 saturated heterocycles. The summed E-state index contributed by atoms with van der Waals surface area (Å²) < 4.78 is 0. The molecule has 0 rings (SSSR count). The van der Waals surface area contributed by atoms with E-state index in [1.54, 1.807) is 0 Å². The first kappa shape index (κ1) is 29.6. The molecule has 0 aromatic rings. The van der Waals surface area contributed by atoms with Gasteiger partial charge in [-0.25, -0.2) is 0 Å². The third-order valence-electron chi connectivity index (χ3n) is 3.93. The molecule has 0 spiro atoms. The molecule has 0 aromatic carbocycles. The van der Waals surface area contributed by atoms with E-state index in [1.807, 2.05) is 34.7 Å². The second-order valence-corrected chi connectivity index (χ2v) is 9.42. The van der Waals surface area contributed by atoms with Crippen LogP contribution in [0.15, 0.2) is 72.9 Å². The van der Waals surface area contributed by atoms with Crippen LogP contribution in [-0.4, -0.2) is 37.6 Å². The molecule has 0 aromatic heterocycles. The first-order valence-electron chi connectivity index (χ1n) is 11.4. The topological polar surface area (TPSA) is 41.1 Å². The van der Waals surface area contributed by atoms with Crippen LogP contribution in [0.1, 0.15) is 51.9 Å². The summed E-state index contributed by atoms with van der Waals surface area (Å²) in [7, 11) is 5.61. The monoisotopic (exact) mass is 462 g/mol. The van der Waals surface area contributed by atoms with Gasteiger partial charge in [0.2, 0.25) is 5.91 Å². The molecular weight excluding hydrogens is 420 g/mol. The van der Waals surface area contributed by atoms with Crippen LogP contribution in [0.3, 0.4) is 0 Å². The van der Waals surface area contributed by atoms with Gasteiger partial charge in [-0.05, 0) is 45.6 Å². The molecule has 31 heavy (non-hydrogen) atoms. The molecule has 0 aliphatic heterocycles. The predicted molar refractivity (Wildman–Crippen MR) is 145 cm³/mol. The fraction of sp³-hybridized carbons (Fsp3) is 0.500. The van der Waals surface area contributed by atoms with E-state index in [-0.39, 0.29) is 5.91 Å². The van der Waals surface area contributed by atoms with Crippen LogP contribution in [0.5, 0.6) is 0 Å². The number of nitrogens with one attached hydrogen (secondary N) is 2. The lowest BCUT2D eigenvalue weighted by Crippen LogP contribution is -2.24. The first-order valence-corrected chi connectivity index (χ1v) is 13.9. The third-order valence-corrected chi connectivity index (χ3v) is 6.33. The van der Waals surface area contributed by atoms with E-state index < -0.39 is 0 Å². The molecule has 174 valence electrons. The number of amides is 1. The molecule has 2 N–H and O–H groups in total. The molecule has 0 unspecified atom stereocenters. The highest BCUT2D eigenvalue weighted by Gasteiger charge is 1.97. The van der Waals surface area contributed by atoms with Gasteiger partial charge in [-0.3, -0.25) is 4.79 Å². The van der Waals surface area contributed by atoms with Crippen molar-refractivity contribution < 1.29 is 4.79 Å². The molecule has 0 bridgehead atoms. The summed E-state index contributed by atoms with van der Waals surface area (Å²) in [5.74, 6) is 2.14. The van der Waals surface area contributed by atoms with Crippen LogP contribution < -0.4 is 10.6 Å². The van der Waals surface area contributed by atoms with Crippen molar-refractivity contribution in [3.8, 4) is 0 Å². The van der Waals surface area contributed by atoms with Crippen LogP contribution >= 0.6 is 21.6 Å².